The van der Waals surface area contributed by atoms with Gasteiger partial charge in [0, 0.05) is 10.4 Å². The van der Waals surface area contributed by atoms with Gasteiger partial charge in [0.05, 0.1) is 0 Å². The van der Waals surface area contributed by atoms with Crippen LogP contribution in [0.5, 0.6) is 0 Å². The summed E-state index contributed by atoms with van der Waals surface area (Å²) in [6.45, 7) is 0. The first-order valence-electron chi connectivity index (χ1n) is 0.667. The van der Waals surface area contributed by atoms with E-state index in [2.05, 4.69) is 0 Å². The van der Waals surface area contributed by atoms with Crippen LogP contribution in [0.2, 0.25) is 0 Å². The first kappa shape index (κ1) is 22.5. The van der Waals surface area contributed by atoms with Crippen molar-refractivity contribution in [1.82, 2.24) is 0 Å². The molecule has 0 heterocycles. The van der Waals surface area contributed by atoms with Gasteiger partial charge in [-0.15, -0.1) is 0 Å². The van der Waals surface area contributed by atoms with Crippen molar-refractivity contribution in [3.05, 3.63) is 0 Å². The van der Waals surface area contributed by atoms with Crippen LogP contribution < -0.4 is 0 Å². The Kier molecular flexibility index (Phi) is 25.1. The molecule has 0 fully saturated rings. The molecule has 0 amide bonds. The molecule has 0 saturated heterocycles. The van der Waals surface area contributed by atoms with Gasteiger partial charge in [-0.25, -0.2) is 0 Å². The van der Waals surface area contributed by atoms with Gasteiger partial charge < -0.3 is 14.6 Å². The topological polar surface area (TPSA) is 109 Å². The fourth-order valence-electron chi connectivity index (χ4n) is 0. The van der Waals surface area contributed by atoms with Crippen LogP contribution in [0.3, 0.4) is 0 Å². The van der Waals surface area contributed by atoms with E-state index in [0.29, 0.717) is 0 Å². The molecule has 0 bridgehead atoms. The average Bonchev–Trinajstić information content (AvgIpc) is 0.722. The Labute approximate surface area is 97.7 Å². The summed E-state index contributed by atoms with van der Waals surface area (Å²) in [5.41, 5.74) is 0. The summed E-state index contributed by atoms with van der Waals surface area (Å²) in [5.74, 6) is 0. The first-order chi connectivity index (χ1) is 2.00. The molecule has 0 atom stereocenters. The molecule has 46 valence electrons. The van der Waals surface area contributed by atoms with Gasteiger partial charge in [0.15, 0.2) is 0 Å². The molecular weight excluding hydrogens is 305 g/mol. The third-order valence-corrected chi connectivity index (χ3v) is 0. The fourth-order valence-corrected chi connectivity index (χ4v) is 0. The number of hydrogen-bond donors (Lipinski definition) is 0. The molecule has 0 aromatic heterocycles. The van der Waals surface area contributed by atoms with Crippen molar-refractivity contribution >= 4 is 59.3 Å². The maximum absolute atomic E-state index is 8.52. The fraction of sp³-hybridized carbons (Fsp3) is 0. The van der Waals surface area contributed by atoms with Gasteiger partial charge >= 0.3 is 65.9 Å². The van der Waals surface area contributed by atoms with Crippen molar-refractivity contribution in [2.24, 2.45) is 0 Å². The van der Waals surface area contributed by atoms with E-state index >= 15 is 0 Å². The van der Waals surface area contributed by atoms with Crippen LogP contribution in [0, 0.1) is 0 Å². The molecule has 0 aromatic carbocycles. The maximum Gasteiger partial charge on any atom is 2.00 e. The third kappa shape index (κ3) is 103. The standard InChI is InChI=1S/Ba.Fe.H2O4S.O/c;;1-5(2,3)4;/h;;(H2,1,2,3,4);/q2*+2;;-2/p-2. The summed E-state index contributed by atoms with van der Waals surface area (Å²) in [7, 11) is -5.17. The summed E-state index contributed by atoms with van der Waals surface area (Å²) >= 11 is 0. The smallest absolute Gasteiger partial charge is 2.00 e. The number of hydrogen-bond acceptors (Lipinski definition) is 4. The van der Waals surface area contributed by atoms with Crippen molar-refractivity contribution in [3.63, 3.8) is 0 Å². The number of rotatable bonds is 0. The van der Waals surface area contributed by atoms with Gasteiger partial charge in [-0.1, -0.05) is 0 Å². The van der Waals surface area contributed by atoms with Crippen LogP contribution in [0.15, 0.2) is 0 Å². The molecule has 0 radical (unpaired) electrons. The van der Waals surface area contributed by atoms with Crippen LogP contribution in [0.25, 0.3) is 0 Å². The Hall–Kier alpha value is 1.92. The van der Waals surface area contributed by atoms with Gasteiger partial charge in [0.25, 0.3) is 0 Å². The van der Waals surface area contributed by atoms with E-state index in [1.165, 1.54) is 0 Å². The predicted molar refractivity (Wildman–Crippen MR) is 16.9 cm³/mol. The van der Waals surface area contributed by atoms with E-state index in [1.807, 2.05) is 0 Å². The molecule has 0 aliphatic carbocycles. The molecular formula is BaFeO5S. The van der Waals surface area contributed by atoms with Crippen molar-refractivity contribution in [3.8, 4) is 0 Å². The van der Waals surface area contributed by atoms with Crippen molar-refractivity contribution in [2.75, 3.05) is 0 Å². The van der Waals surface area contributed by atoms with E-state index in [1.54, 1.807) is 0 Å². The second-order valence-corrected chi connectivity index (χ2v) is 1.22. The van der Waals surface area contributed by atoms with Gasteiger partial charge in [-0.05, 0) is 0 Å². The quantitative estimate of drug-likeness (QED) is 0.297. The van der Waals surface area contributed by atoms with E-state index in [-0.39, 0.29) is 71.4 Å². The van der Waals surface area contributed by atoms with E-state index in [4.69, 9.17) is 17.5 Å². The molecule has 0 unspecified atom stereocenters. The minimum Gasteiger partial charge on any atom is -2.00 e. The minimum atomic E-state index is -5.17. The van der Waals surface area contributed by atoms with Gasteiger partial charge in [0.2, 0.25) is 0 Å². The zero-order valence-corrected chi connectivity index (χ0v) is 9.87. The van der Waals surface area contributed by atoms with Gasteiger partial charge in [-0.2, -0.15) is 0 Å². The summed E-state index contributed by atoms with van der Waals surface area (Å²) in [4.78, 5) is 0. The largest absolute Gasteiger partial charge is 2.00 e. The van der Waals surface area contributed by atoms with Gasteiger partial charge in [0.1, 0.15) is 0 Å². The SMILES string of the molecule is O=S(=O)([O-])[O-].[Ba+2].[Fe+2].[O-2]. The molecule has 8 heteroatoms. The third-order valence-electron chi connectivity index (χ3n) is 0. The Morgan fingerprint density at radius 3 is 1.12 bits per heavy atom. The molecule has 0 aliphatic heterocycles. The van der Waals surface area contributed by atoms with Crippen LogP contribution in [0.1, 0.15) is 0 Å². The Bertz CT molecular complexity index is 95.6. The summed E-state index contributed by atoms with van der Waals surface area (Å²) in [5, 5.41) is 0. The van der Waals surface area contributed by atoms with Crippen molar-refractivity contribution in [1.29, 1.82) is 0 Å². The zero-order chi connectivity index (χ0) is 4.50. The van der Waals surface area contributed by atoms with E-state index < -0.39 is 10.4 Å². The second-order valence-electron chi connectivity index (χ2n) is 0.408. The van der Waals surface area contributed by atoms with Crippen LogP contribution in [-0.4, -0.2) is 66.4 Å². The van der Waals surface area contributed by atoms with Gasteiger partial charge in [-0.3, -0.25) is 8.42 Å². The molecule has 0 rings (SSSR count). The summed E-state index contributed by atoms with van der Waals surface area (Å²) in [6, 6.07) is 0. The van der Waals surface area contributed by atoms with E-state index in [9.17, 15) is 0 Å². The second kappa shape index (κ2) is 8.92. The molecule has 0 N–H and O–H groups in total. The molecule has 5 nitrogen and oxygen atoms in total. The minimum absolute atomic E-state index is 0. The Balaban J connectivity index is -0.0000000267. The maximum atomic E-state index is 8.52. The van der Waals surface area contributed by atoms with Crippen LogP contribution in [0.4, 0.5) is 0 Å². The average molecular weight is 305 g/mol. The molecule has 0 spiro atoms. The summed E-state index contributed by atoms with van der Waals surface area (Å²) in [6.07, 6.45) is 0. The van der Waals surface area contributed by atoms with E-state index in [0.717, 1.165) is 0 Å². The molecule has 0 aromatic rings. The zero-order valence-electron chi connectivity index (χ0n) is 3.51. The summed E-state index contributed by atoms with van der Waals surface area (Å²) < 4.78 is 34.1. The molecule has 0 saturated carbocycles. The monoisotopic (exact) mass is 306 g/mol. The van der Waals surface area contributed by atoms with Crippen molar-refractivity contribution in [2.45, 2.75) is 0 Å². The molecule has 8 heavy (non-hydrogen) atoms. The Morgan fingerprint density at radius 1 is 1.12 bits per heavy atom. The normalized spacial score (nSPS) is 7.25. The van der Waals surface area contributed by atoms with Crippen LogP contribution in [-0.2, 0) is 32.9 Å². The molecule has 0 aliphatic rings. The van der Waals surface area contributed by atoms with Crippen molar-refractivity contribution < 1.29 is 40.1 Å². The van der Waals surface area contributed by atoms with Crippen LogP contribution >= 0.6 is 0 Å². The first-order valence-corrected chi connectivity index (χ1v) is 2.00. The predicted octanol–water partition coefficient (Wildman–Crippen LogP) is -1.84. The Morgan fingerprint density at radius 2 is 1.12 bits per heavy atom.